The number of ether oxygens (including phenoxy) is 5. The third-order valence-electron chi connectivity index (χ3n) is 6.23. The monoisotopic (exact) mass is 654 g/mol. The summed E-state index contributed by atoms with van der Waals surface area (Å²) in [4.78, 5) is 32.3. The summed E-state index contributed by atoms with van der Waals surface area (Å²) in [6.45, 7) is 7.55. The highest BCUT2D eigenvalue weighted by Crippen LogP contribution is 2.38. The van der Waals surface area contributed by atoms with E-state index in [-0.39, 0.29) is 30.5 Å². The lowest BCUT2D eigenvalue weighted by atomic mass is 9.95. The van der Waals surface area contributed by atoms with Crippen LogP contribution in [0.1, 0.15) is 44.9 Å². The molecule has 9 nitrogen and oxygen atoms in total. The normalized spacial score (nSPS) is 14.6. The van der Waals surface area contributed by atoms with Gasteiger partial charge in [0.2, 0.25) is 0 Å². The Balaban J connectivity index is 1.92. The van der Waals surface area contributed by atoms with Gasteiger partial charge in [0, 0.05) is 0 Å². The molecule has 4 rings (SSSR count). The molecule has 3 aromatic rings. The minimum Gasteiger partial charge on any atom is -0.493 e. The van der Waals surface area contributed by atoms with Crippen molar-refractivity contribution in [2.45, 2.75) is 39.8 Å². The first-order valence-corrected chi connectivity index (χ1v) is 14.7. The molecule has 0 bridgehead atoms. The minimum absolute atomic E-state index is 0.0729. The van der Waals surface area contributed by atoms with Crippen LogP contribution in [-0.2, 0) is 9.53 Å². The fourth-order valence-electron chi connectivity index (χ4n) is 4.54. The minimum atomic E-state index is -0.801. The number of carbonyl (C=O) groups is 1. The molecule has 2 heterocycles. The molecule has 0 spiro atoms. The quantitative estimate of drug-likeness (QED) is 0.236. The van der Waals surface area contributed by atoms with Gasteiger partial charge in [-0.2, -0.15) is 0 Å². The van der Waals surface area contributed by atoms with Gasteiger partial charge in [-0.05, 0) is 85.1 Å². The van der Waals surface area contributed by atoms with Gasteiger partial charge in [0.25, 0.3) is 5.56 Å². The second-order valence-electron chi connectivity index (χ2n) is 9.41. The van der Waals surface area contributed by atoms with Gasteiger partial charge in [-0.1, -0.05) is 23.3 Å². The summed E-state index contributed by atoms with van der Waals surface area (Å²) in [5.41, 5.74) is 1.75. The highest BCUT2D eigenvalue weighted by molar-refractivity contribution is 9.10. The number of methoxy groups -OCH3 is 2. The van der Waals surface area contributed by atoms with E-state index in [1.54, 1.807) is 51.3 Å². The van der Waals surface area contributed by atoms with Gasteiger partial charge in [0.1, 0.15) is 6.61 Å². The summed E-state index contributed by atoms with van der Waals surface area (Å²) in [5.74, 6) is 3.83. The summed E-state index contributed by atoms with van der Waals surface area (Å²) in [7, 11) is 3.06. The van der Waals surface area contributed by atoms with Crippen molar-refractivity contribution in [3.05, 3.63) is 76.9 Å². The maximum absolute atomic E-state index is 14.0. The highest BCUT2D eigenvalue weighted by atomic mass is 79.9. The SMILES string of the molecule is C#CCOc1c(Br)cc(/C=c2\sc3n(c2=O)[C@H](c2ccc(OC(C)C)c(OC)c2)C(C(=O)OCC)=C(C)N=3)cc1OC. The maximum atomic E-state index is 14.0. The molecular weight excluding hydrogens is 624 g/mol. The van der Waals surface area contributed by atoms with Crippen LogP contribution in [0.25, 0.3) is 6.08 Å². The molecular formula is C31H31BrN2O7S. The van der Waals surface area contributed by atoms with Crippen LogP contribution in [0.15, 0.2) is 55.9 Å². The summed E-state index contributed by atoms with van der Waals surface area (Å²) in [5, 5.41) is 0. The summed E-state index contributed by atoms with van der Waals surface area (Å²) >= 11 is 4.72. The Morgan fingerprint density at radius 3 is 2.57 bits per heavy atom. The fourth-order valence-corrected chi connectivity index (χ4v) is 6.16. The van der Waals surface area contributed by atoms with Crippen molar-refractivity contribution in [1.82, 2.24) is 4.57 Å². The van der Waals surface area contributed by atoms with E-state index in [2.05, 4.69) is 26.8 Å². The molecule has 11 heteroatoms. The molecule has 0 fully saturated rings. The van der Waals surface area contributed by atoms with Gasteiger partial charge >= 0.3 is 5.97 Å². The zero-order chi connectivity index (χ0) is 30.6. The molecule has 1 aliphatic heterocycles. The third-order valence-corrected chi connectivity index (χ3v) is 7.80. The van der Waals surface area contributed by atoms with E-state index >= 15 is 0 Å². The number of allylic oxidation sites excluding steroid dienone is 1. The van der Waals surface area contributed by atoms with Crippen molar-refractivity contribution in [2.24, 2.45) is 4.99 Å². The molecule has 42 heavy (non-hydrogen) atoms. The zero-order valence-corrected chi connectivity index (χ0v) is 26.6. The Bertz CT molecular complexity index is 1760. The van der Waals surface area contributed by atoms with Crippen LogP contribution in [-0.4, -0.2) is 44.1 Å². The number of terminal acetylenes is 1. The van der Waals surface area contributed by atoms with Gasteiger partial charge in [-0.25, -0.2) is 9.79 Å². The lowest BCUT2D eigenvalue weighted by molar-refractivity contribution is -0.139. The number of thiazole rings is 1. The number of fused-ring (bicyclic) bond motifs is 1. The molecule has 1 atom stereocenters. The van der Waals surface area contributed by atoms with Crippen molar-refractivity contribution in [3.8, 4) is 35.3 Å². The average molecular weight is 656 g/mol. The van der Waals surface area contributed by atoms with Crippen molar-refractivity contribution in [2.75, 3.05) is 27.4 Å². The van der Waals surface area contributed by atoms with E-state index in [0.717, 1.165) is 0 Å². The number of halogens is 1. The lowest BCUT2D eigenvalue weighted by Gasteiger charge is -2.25. The van der Waals surface area contributed by atoms with E-state index in [9.17, 15) is 9.59 Å². The smallest absolute Gasteiger partial charge is 0.338 e. The molecule has 2 aromatic carbocycles. The van der Waals surface area contributed by atoms with E-state index < -0.39 is 12.0 Å². The highest BCUT2D eigenvalue weighted by Gasteiger charge is 2.34. The lowest BCUT2D eigenvalue weighted by Crippen LogP contribution is -2.40. The number of hydrogen-bond donors (Lipinski definition) is 0. The van der Waals surface area contributed by atoms with Crippen LogP contribution in [0.4, 0.5) is 0 Å². The third kappa shape index (κ3) is 6.25. The van der Waals surface area contributed by atoms with Gasteiger partial charge in [-0.3, -0.25) is 9.36 Å². The number of hydrogen-bond acceptors (Lipinski definition) is 9. The summed E-state index contributed by atoms with van der Waals surface area (Å²) in [6, 6.07) is 8.11. The molecule has 1 aromatic heterocycles. The number of benzene rings is 2. The van der Waals surface area contributed by atoms with Crippen LogP contribution in [0.2, 0.25) is 0 Å². The summed E-state index contributed by atoms with van der Waals surface area (Å²) in [6.07, 6.45) is 7.00. The van der Waals surface area contributed by atoms with Crippen molar-refractivity contribution in [1.29, 1.82) is 0 Å². The van der Waals surface area contributed by atoms with Crippen molar-refractivity contribution >= 4 is 39.3 Å². The molecule has 0 radical (unpaired) electrons. The number of carbonyl (C=O) groups excluding carboxylic acids is 1. The zero-order valence-electron chi connectivity index (χ0n) is 24.1. The topological polar surface area (TPSA) is 97.6 Å². The van der Waals surface area contributed by atoms with E-state index in [1.165, 1.54) is 23.0 Å². The molecule has 0 saturated heterocycles. The van der Waals surface area contributed by atoms with E-state index in [1.807, 2.05) is 19.9 Å². The Morgan fingerprint density at radius 1 is 1.19 bits per heavy atom. The standard InChI is InChI=1S/C31H31BrN2O7S/c1-8-12-40-28-21(32)13-19(14-24(28)38-7)15-25-29(35)34-27(20-10-11-22(41-17(3)4)23(16-20)37-6)26(30(36)39-9-2)18(5)33-31(34)42-25/h1,10-11,13-17,27H,9,12H2,2-7H3/b25-15-/t27-/m1/s1. The number of aromatic nitrogens is 1. The van der Waals surface area contributed by atoms with Gasteiger partial charge < -0.3 is 23.7 Å². The Morgan fingerprint density at radius 2 is 1.93 bits per heavy atom. The van der Waals surface area contributed by atoms with Gasteiger partial charge in [0.15, 0.2) is 27.8 Å². The average Bonchev–Trinajstić information content (AvgIpc) is 3.25. The van der Waals surface area contributed by atoms with Gasteiger partial charge in [-0.15, -0.1) is 6.42 Å². The summed E-state index contributed by atoms with van der Waals surface area (Å²) < 4.78 is 30.5. The molecule has 0 saturated carbocycles. The number of rotatable bonds is 10. The second kappa shape index (κ2) is 13.3. The van der Waals surface area contributed by atoms with Crippen LogP contribution < -0.4 is 33.8 Å². The van der Waals surface area contributed by atoms with Gasteiger partial charge in [0.05, 0.1) is 53.2 Å². The molecule has 0 aliphatic carbocycles. The first-order valence-electron chi connectivity index (χ1n) is 13.1. The van der Waals surface area contributed by atoms with Crippen LogP contribution in [0.5, 0.6) is 23.0 Å². The predicted molar refractivity (Wildman–Crippen MR) is 164 cm³/mol. The first-order chi connectivity index (χ1) is 20.1. The first kappa shape index (κ1) is 30.9. The maximum Gasteiger partial charge on any atom is 0.338 e. The van der Waals surface area contributed by atoms with Crippen LogP contribution in [0.3, 0.4) is 0 Å². The Hall–Kier alpha value is -4.01. The fraction of sp³-hybridized carbons (Fsp3) is 0.323. The Labute approximate surface area is 256 Å². The molecule has 0 amide bonds. The molecule has 220 valence electrons. The largest absolute Gasteiger partial charge is 0.493 e. The van der Waals surface area contributed by atoms with E-state index in [0.29, 0.717) is 53.6 Å². The molecule has 0 N–H and O–H groups in total. The van der Waals surface area contributed by atoms with Crippen molar-refractivity contribution in [3.63, 3.8) is 0 Å². The number of nitrogens with zero attached hydrogens (tertiary/aromatic N) is 2. The van der Waals surface area contributed by atoms with Crippen LogP contribution in [0, 0.1) is 12.3 Å². The number of esters is 1. The molecule has 1 aliphatic rings. The Kier molecular flexibility index (Phi) is 9.81. The molecule has 0 unspecified atom stereocenters. The van der Waals surface area contributed by atoms with Crippen molar-refractivity contribution < 1.29 is 28.5 Å². The second-order valence-corrected chi connectivity index (χ2v) is 11.3. The predicted octanol–water partition coefficient (Wildman–Crippen LogP) is 4.38. The van der Waals surface area contributed by atoms with Crippen LogP contribution >= 0.6 is 27.3 Å². The van der Waals surface area contributed by atoms with E-state index in [4.69, 9.17) is 30.1 Å².